The fourth-order valence-corrected chi connectivity index (χ4v) is 4.96. The number of pyridine rings is 1. The summed E-state index contributed by atoms with van der Waals surface area (Å²) in [6, 6.07) is 12.3. The second-order valence-electron chi connectivity index (χ2n) is 9.75. The quantitative estimate of drug-likeness (QED) is 0.330. The molecule has 2 aromatic carbocycles. The Morgan fingerprint density at radius 1 is 1.03 bits per heavy atom. The molecule has 1 fully saturated rings. The molecule has 0 saturated carbocycles. The molecule has 0 spiro atoms. The number of carbonyl (C=O) groups is 1. The lowest BCUT2D eigenvalue weighted by molar-refractivity contribution is -0.115. The maximum absolute atomic E-state index is 12.0. The van der Waals surface area contributed by atoms with Crippen LogP contribution < -0.4 is 10.2 Å². The van der Waals surface area contributed by atoms with Gasteiger partial charge in [0.05, 0.1) is 29.1 Å². The van der Waals surface area contributed by atoms with Crippen LogP contribution in [0, 0.1) is 6.92 Å². The molecule has 1 aliphatic heterocycles. The highest BCUT2D eigenvalue weighted by Gasteiger charge is 2.20. The Morgan fingerprint density at radius 3 is 2.68 bits per heavy atom. The summed E-state index contributed by atoms with van der Waals surface area (Å²) in [6.07, 6.45) is 4.17. The van der Waals surface area contributed by atoms with E-state index in [4.69, 9.17) is 4.98 Å². The van der Waals surface area contributed by atoms with Crippen molar-refractivity contribution in [3.05, 3.63) is 54.4 Å². The van der Waals surface area contributed by atoms with Gasteiger partial charge in [0.1, 0.15) is 11.2 Å². The van der Waals surface area contributed by atoms with Gasteiger partial charge < -0.3 is 20.1 Å². The van der Waals surface area contributed by atoms with Gasteiger partial charge in [0, 0.05) is 43.7 Å². The van der Waals surface area contributed by atoms with Crippen LogP contribution in [0.1, 0.15) is 18.9 Å². The number of nitrogens with one attached hydrogen (secondary N) is 3. The van der Waals surface area contributed by atoms with Gasteiger partial charge in [0.2, 0.25) is 5.91 Å². The zero-order valence-corrected chi connectivity index (χ0v) is 21.3. The molecule has 1 aliphatic rings. The van der Waals surface area contributed by atoms with Gasteiger partial charge in [-0.05, 0) is 54.9 Å². The minimum atomic E-state index is -0.000517. The van der Waals surface area contributed by atoms with Crippen LogP contribution in [0.15, 0.2) is 48.8 Å². The fraction of sp³-hybridized carbons (Fsp3) is 0.286. The predicted octanol–water partition coefficient (Wildman–Crippen LogP) is 4.58. The van der Waals surface area contributed by atoms with E-state index in [1.54, 1.807) is 0 Å². The number of aryl methyl sites for hydroxylation is 1. The molecule has 9 heteroatoms. The number of imidazole rings is 1. The van der Waals surface area contributed by atoms with Crippen molar-refractivity contribution < 1.29 is 4.79 Å². The molecule has 5 aromatic rings. The van der Waals surface area contributed by atoms with Crippen molar-refractivity contribution in [3.8, 4) is 22.6 Å². The van der Waals surface area contributed by atoms with Crippen LogP contribution in [0.25, 0.3) is 44.6 Å². The number of hydrogen-bond donors (Lipinski definition) is 3. The molecule has 3 N–H and O–H groups in total. The largest absolute Gasteiger partial charge is 0.366 e. The zero-order chi connectivity index (χ0) is 25.5. The molecule has 0 atom stereocenters. The highest BCUT2D eigenvalue weighted by molar-refractivity contribution is 5.98. The van der Waals surface area contributed by atoms with E-state index in [0.717, 1.165) is 81.9 Å². The lowest BCUT2D eigenvalue weighted by Crippen LogP contribution is -2.44. The summed E-state index contributed by atoms with van der Waals surface area (Å²) in [4.78, 5) is 29.6. The van der Waals surface area contributed by atoms with Gasteiger partial charge in [-0.25, -0.2) is 4.98 Å². The van der Waals surface area contributed by atoms with E-state index in [0.29, 0.717) is 12.2 Å². The summed E-state index contributed by atoms with van der Waals surface area (Å²) in [5.74, 6) is 0.710. The number of rotatable bonds is 5. The Labute approximate surface area is 214 Å². The van der Waals surface area contributed by atoms with Gasteiger partial charge in [0.15, 0.2) is 5.82 Å². The molecule has 6 rings (SSSR count). The van der Waals surface area contributed by atoms with Crippen LogP contribution in [0.5, 0.6) is 0 Å². The summed E-state index contributed by atoms with van der Waals surface area (Å²) in [7, 11) is 2.15. The van der Waals surface area contributed by atoms with Crippen molar-refractivity contribution in [2.75, 3.05) is 43.4 Å². The number of likely N-dealkylation sites (N-methyl/N-ethyl adjacent to an activating group) is 1. The Balaban J connectivity index is 1.39. The number of fused-ring (bicyclic) bond motifs is 2. The summed E-state index contributed by atoms with van der Waals surface area (Å²) >= 11 is 0. The second kappa shape index (κ2) is 9.33. The molecule has 0 bridgehead atoms. The fourth-order valence-electron chi connectivity index (χ4n) is 4.96. The molecule has 0 aliphatic carbocycles. The van der Waals surface area contributed by atoms with Crippen LogP contribution in [-0.4, -0.2) is 69.2 Å². The Bertz CT molecular complexity index is 1610. The van der Waals surface area contributed by atoms with E-state index >= 15 is 0 Å². The third-order valence-electron chi connectivity index (χ3n) is 7.02. The van der Waals surface area contributed by atoms with Gasteiger partial charge in [-0.1, -0.05) is 19.1 Å². The Hall–Kier alpha value is -4.24. The van der Waals surface area contributed by atoms with Crippen LogP contribution in [0.2, 0.25) is 0 Å². The molecule has 4 heterocycles. The van der Waals surface area contributed by atoms with Crippen molar-refractivity contribution in [1.82, 2.24) is 30.0 Å². The number of aromatic nitrogens is 5. The van der Waals surface area contributed by atoms with Crippen molar-refractivity contribution in [3.63, 3.8) is 0 Å². The first-order valence-electron chi connectivity index (χ1n) is 12.7. The topological polar surface area (TPSA) is 106 Å². The third kappa shape index (κ3) is 4.42. The number of hydrogen-bond acceptors (Lipinski definition) is 6. The molecule has 1 saturated heterocycles. The standard InChI is InChI=1S/C28H30N8O/c1-4-25(37)30-20-12-17(2)11-19(13-20)18-5-6-22-21(14-18)26(34-33-22)28-31-23-15-29-16-24(27(23)32-28)36-9-7-35(3)8-10-36/h5-6,11-16H,4,7-10H2,1-3H3,(H,30,37)(H,31,32)(H,33,34). The maximum Gasteiger partial charge on any atom is 0.224 e. The molecule has 9 nitrogen and oxygen atoms in total. The number of anilines is 2. The number of H-pyrrole nitrogens is 2. The first-order valence-corrected chi connectivity index (χ1v) is 12.7. The Kier molecular flexibility index (Phi) is 5.84. The average Bonchev–Trinajstić information content (AvgIpc) is 3.52. The molecule has 188 valence electrons. The van der Waals surface area contributed by atoms with E-state index in [-0.39, 0.29) is 5.91 Å². The normalized spacial score (nSPS) is 14.5. The lowest BCUT2D eigenvalue weighted by Gasteiger charge is -2.33. The van der Waals surface area contributed by atoms with Crippen molar-refractivity contribution in [2.24, 2.45) is 0 Å². The van der Waals surface area contributed by atoms with Gasteiger partial charge in [0.25, 0.3) is 0 Å². The van der Waals surface area contributed by atoms with E-state index in [1.807, 2.05) is 44.4 Å². The third-order valence-corrected chi connectivity index (χ3v) is 7.02. The van der Waals surface area contributed by atoms with Gasteiger partial charge in [-0.2, -0.15) is 5.10 Å². The summed E-state index contributed by atoms with van der Waals surface area (Å²) in [5.41, 5.74) is 8.52. The molecule has 0 radical (unpaired) electrons. The number of nitrogens with zero attached hydrogens (tertiary/aromatic N) is 5. The molecular formula is C28H30N8O. The molecule has 37 heavy (non-hydrogen) atoms. The van der Waals surface area contributed by atoms with Crippen LogP contribution in [0.4, 0.5) is 11.4 Å². The van der Waals surface area contributed by atoms with E-state index in [9.17, 15) is 4.79 Å². The minimum absolute atomic E-state index is 0.000517. The van der Waals surface area contributed by atoms with E-state index in [1.165, 1.54) is 0 Å². The molecular weight excluding hydrogens is 464 g/mol. The van der Waals surface area contributed by atoms with E-state index in [2.05, 4.69) is 60.5 Å². The van der Waals surface area contributed by atoms with Gasteiger partial charge in [-0.3, -0.25) is 14.9 Å². The van der Waals surface area contributed by atoms with Gasteiger partial charge >= 0.3 is 0 Å². The molecule has 0 unspecified atom stereocenters. The number of aromatic amines is 2. The number of benzene rings is 2. The zero-order valence-electron chi connectivity index (χ0n) is 21.3. The number of amides is 1. The lowest BCUT2D eigenvalue weighted by atomic mass is 10.0. The summed E-state index contributed by atoms with van der Waals surface area (Å²) < 4.78 is 0. The minimum Gasteiger partial charge on any atom is -0.366 e. The van der Waals surface area contributed by atoms with Gasteiger partial charge in [-0.15, -0.1) is 0 Å². The van der Waals surface area contributed by atoms with Crippen LogP contribution in [-0.2, 0) is 4.79 Å². The number of piperazine rings is 1. The highest BCUT2D eigenvalue weighted by atomic mass is 16.1. The van der Waals surface area contributed by atoms with Crippen molar-refractivity contribution in [2.45, 2.75) is 20.3 Å². The van der Waals surface area contributed by atoms with Crippen LogP contribution in [0.3, 0.4) is 0 Å². The maximum atomic E-state index is 12.0. The second-order valence-corrected chi connectivity index (χ2v) is 9.75. The molecule has 3 aromatic heterocycles. The smallest absolute Gasteiger partial charge is 0.224 e. The summed E-state index contributed by atoms with van der Waals surface area (Å²) in [6.45, 7) is 7.82. The van der Waals surface area contributed by atoms with E-state index < -0.39 is 0 Å². The SMILES string of the molecule is CCC(=O)Nc1cc(C)cc(-c2ccc3[nH]nc(-c4nc5c(N6CCN(C)CC6)cncc5[nH]4)c3c2)c1. The number of carbonyl (C=O) groups excluding carboxylic acids is 1. The first-order chi connectivity index (χ1) is 18.0. The summed E-state index contributed by atoms with van der Waals surface area (Å²) in [5, 5.41) is 11.7. The first kappa shape index (κ1) is 23.2. The van der Waals surface area contributed by atoms with Crippen LogP contribution >= 0.6 is 0 Å². The van der Waals surface area contributed by atoms with Crippen molar-refractivity contribution in [1.29, 1.82) is 0 Å². The predicted molar refractivity (Wildman–Crippen MR) is 148 cm³/mol. The molecule has 1 amide bonds. The average molecular weight is 495 g/mol. The van der Waals surface area contributed by atoms with Crippen molar-refractivity contribution >= 4 is 39.2 Å². The monoisotopic (exact) mass is 494 g/mol. The highest BCUT2D eigenvalue weighted by Crippen LogP contribution is 2.33. The Morgan fingerprint density at radius 2 is 1.86 bits per heavy atom.